The summed E-state index contributed by atoms with van der Waals surface area (Å²) < 4.78 is 0. The summed E-state index contributed by atoms with van der Waals surface area (Å²) in [5.41, 5.74) is 0. The minimum Gasteiger partial charge on any atom is -0.480 e. The monoisotopic (exact) mass is 200 g/mol. The predicted molar refractivity (Wildman–Crippen MR) is 48.4 cm³/mol. The van der Waals surface area contributed by atoms with E-state index in [0.717, 1.165) is 6.08 Å². The van der Waals surface area contributed by atoms with Crippen LogP contribution >= 0.6 is 0 Å². The number of amides is 2. The lowest BCUT2D eigenvalue weighted by Crippen LogP contribution is -2.45. The van der Waals surface area contributed by atoms with Crippen LogP contribution in [0.4, 0.5) is 0 Å². The number of carboxylic acids is 1. The van der Waals surface area contributed by atoms with Crippen LogP contribution in [-0.2, 0) is 14.4 Å². The van der Waals surface area contributed by atoms with Gasteiger partial charge in [-0.3, -0.25) is 14.4 Å². The Kier molecular flexibility index (Phi) is 4.98. The number of hydrogen-bond donors (Lipinski definition) is 3. The van der Waals surface area contributed by atoms with Crippen molar-refractivity contribution in [2.24, 2.45) is 0 Å². The Labute approximate surface area is 81.0 Å². The first-order valence-corrected chi connectivity index (χ1v) is 3.89. The van der Waals surface area contributed by atoms with Crippen LogP contribution in [0.2, 0.25) is 0 Å². The van der Waals surface area contributed by atoms with Gasteiger partial charge in [0.05, 0.1) is 0 Å². The van der Waals surface area contributed by atoms with E-state index in [0.29, 0.717) is 0 Å². The maximum absolute atomic E-state index is 11.1. The molecule has 6 nitrogen and oxygen atoms in total. The first-order chi connectivity index (χ1) is 6.47. The average Bonchev–Trinajstić information content (AvgIpc) is 2.13. The fourth-order valence-electron chi connectivity index (χ4n) is 0.654. The smallest absolute Gasteiger partial charge is 0.322 e. The zero-order valence-corrected chi connectivity index (χ0v) is 7.74. The molecule has 1 atom stereocenters. The molecule has 0 aliphatic rings. The molecule has 0 heterocycles. The number of rotatable bonds is 5. The van der Waals surface area contributed by atoms with E-state index in [1.165, 1.54) is 6.92 Å². The highest BCUT2D eigenvalue weighted by Gasteiger charge is 2.14. The molecule has 3 N–H and O–H groups in total. The quantitative estimate of drug-likeness (QED) is 0.490. The summed E-state index contributed by atoms with van der Waals surface area (Å²) in [5.74, 6) is -2.17. The van der Waals surface area contributed by atoms with Gasteiger partial charge in [0.2, 0.25) is 11.8 Å². The van der Waals surface area contributed by atoms with E-state index in [1.54, 1.807) is 0 Å². The van der Waals surface area contributed by atoms with Gasteiger partial charge in [0, 0.05) is 0 Å². The van der Waals surface area contributed by atoms with E-state index >= 15 is 0 Å². The Morgan fingerprint density at radius 3 is 2.50 bits per heavy atom. The maximum Gasteiger partial charge on any atom is 0.322 e. The Hall–Kier alpha value is -1.85. The molecule has 14 heavy (non-hydrogen) atoms. The molecule has 0 unspecified atom stereocenters. The van der Waals surface area contributed by atoms with Crippen molar-refractivity contribution in [3.05, 3.63) is 12.7 Å². The molecule has 78 valence electrons. The van der Waals surface area contributed by atoms with Crippen molar-refractivity contribution >= 4 is 17.8 Å². The van der Waals surface area contributed by atoms with Crippen LogP contribution in [0.25, 0.3) is 0 Å². The summed E-state index contributed by atoms with van der Waals surface area (Å²) in [6, 6.07) is -0.778. The molecule has 0 aliphatic carbocycles. The molecule has 0 saturated carbocycles. The van der Waals surface area contributed by atoms with Gasteiger partial charge in [0.1, 0.15) is 12.6 Å². The lowest BCUT2D eigenvalue weighted by Gasteiger charge is -2.11. The Balaban J connectivity index is 3.93. The molecular weight excluding hydrogens is 188 g/mol. The maximum atomic E-state index is 11.1. The Bertz CT molecular complexity index is 262. The molecule has 0 aliphatic heterocycles. The largest absolute Gasteiger partial charge is 0.480 e. The topological polar surface area (TPSA) is 95.5 Å². The number of carboxylic acid groups (broad SMARTS) is 1. The summed E-state index contributed by atoms with van der Waals surface area (Å²) in [5, 5.41) is 12.7. The summed E-state index contributed by atoms with van der Waals surface area (Å²) in [7, 11) is 0. The number of aliphatic carboxylic acids is 1. The van der Waals surface area contributed by atoms with Gasteiger partial charge in [0.15, 0.2) is 0 Å². The van der Waals surface area contributed by atoms with Crippen LogP contribution in [0, 0.1) is 0 Å². The summed E-state index contributed by atoms with van der Waals surface area (Å²) in [6.07, 6.45) is 1.03. The van der Waals surface area contributed by atoms with E-state index in [9.17, 15) is 14.4 Å². The fraction of sp³-hybridized carbons (Fsp3) is 0.375. The average molecular weight is 200 g/mol. The number of carbonyl (C=O) groups is 3. The van der Waals surface area contributed by atoms with Gasteiger partial charge in [-0.05, 0) is 13.0 Å². The van der Waals surface area contributed by atoms with Crippen LogP contribution in [0.1, 0.15) is 6.92 Å². The third-order valence-electron chi connectivity index (χ3n) is 1.35. The van der Waals surface area contributed by atoms with Gasteiger partial charge in [-0.2, -0.15) is 0 Å². The highest BCUT2D eigenvalue weighted by Crippen LogP contribution is 1.82. The van der Waals surface area contributed by atoms with E-state index in [-0.39, 0.29) is 0 Å². The third kappa shape index (κ3) is 4.91. The highest BCUT2D eigenvalue weighted by atomic mass is 16.4. The van der Waals surface area contributed by atoms with Gasteiger partial charge < -0.3 is 15.7 Å². The molecular formula is C8H12N2O4. The number of carbonyl (C=O) groups excluding carboxylic acids is 2. The summed E-state index contributed by atoms with van der Waals surface area (Å²) in [4.78, 5) is 31.9. The molecule has 0 rings (SSSR count). The number of nitrogens with one attached hydrogen (secondary N) is 2. The molecule has 6 heteroatoms. The molecule has 0 spiro atoms. The summed E-state index contributed by atoms with van der Waals surface area (Å²) >= 11 is 0. The number of hydrogen-bond acceptors (Lipinski definition) is 3. The fourth-order valence-corrected chi connectivity index (χ4v) is 0.654. The lowest BCUT2D eigenvalue weighted by molar-refractivity contribution is -0.138. The van der Waals surface area contributed by atoms with Crippen LogP contribution in [-0.4, -0.2) is 35.5 Å². The van der Waals surface area contributed by atoms with Crippen LogP contribution in [0.15, 0.2) is 12.7 Å². The van der Waals surface area contributed by atoms with Crippen LogP contribution in [0.5, 0.6) is 0 Å². The standard InChI is InChI=1S/C8H12N2O4/c1-3-6(11)10-5(2)8(14)9-4-7(12)13/h3,5H,1,4H2,2H3,(H,9,14)(H,10,11)(H,12,13)/t5-/m0/s1. The Morgan fingerprint density at radius 1 is 1.50 bits per heavy atom. The molecule has 0 aromatic rings. The van der Waals surface area contributed by atoms with Gasteiger partial charge in [-0.25, -0.2) is 0 Å². The minimum atomic E-state index is -1.14. The molecule has 0 aromatic carbocycles. The second-order valence-electron chi connectivity index (χ2n) is 2.55. The first kappa shape index (κ1) is 12.2. The van der Waals surface area contributed by atoms with Crippen molar-refractivity contribution in [2.45, 2.75) is 13.0 Å². The minimum absolute atomic E-state index is 0.465. The third-order valence-corrected chi connectivity index (χ3v) is 1.35. The molecule has 0 bridgehead atoms. The molecule has 0 saturated heterocycles. The molecule has 0 radical (unpaired) electrons. The second-order valence-corrected chi connectivity index (χ2v) is 2.55. The summed E-state index contributed by atoms with van der Waals surface area (Å²) in [6.45, 7) is 4.19. The second kappa shape index (κ2) is 5.74. The van der Waals surface area contributed by atoms with Gasteiger partial charge >= 0.3 is 5.97 Å². The van der Waals surface area contributed by atoms with Gasteiger partial charge in [-0.1, -0.05) is 6.58 Å². The van der Waals surface area contributed by atoms with Crippen molar-refractivity contribution in [2.75, 3.05) is 6.54 Å². The van der Waals surface area contributed by atoms with Gasteiger partial charge in [0.25, 0.3) is 0 Å². The Morgan fingerprint density at radius 2 is 2.07 bits per heavy atom. The van der Waals surface area contributed by atoms with Crippen LogP contribution in [0.3, 0.4) is 0 Å². The molecule has 2 amide bonds. The van der Waals surface area contributed by atoms with E-state index in [4.69, 9.17) is 5.11 Å². The lowest BCUT2D eigenvalue weighted by atomic mass is 10.3. The van der Waals surface area contributed by atoms with Crippen molar-refractivity contribution in [1.29, 1.82) is 0 Å². The molecule has 0 fully saturated rings. The zero-order chi connectivity index (χ0) is 11.1. The van der Waals surface area contributed by atoms with Crippen molar-refractivity contribution < 1.29 is 19.5 Å². The van der Waals surface area contributed by atoms with Gasteiger partial charge in [-0.15, -0.1) is 0 Å². The SMILES string of the molecule is C=CC(=O)N[C@@H](C)C(=O)NCC(=O)O. The predicted octanol–water partition coefficient (Wildman–Crippen LogP) is -1.12. The highest BCUT2D eigenvalue weighted by molar-refractivity contribution is 5.93. The van der Waals surface area contributed by atoms with E-state index in [2.05, 4.69) is 17.2 Å². The molecule has 0 aromatic heterocycles. The zero-order valence-electron chi connectivity index (χ0n) is 7.74. The normalized spacial score (nSPS) is 11.2. The van der Waals surface area contributed by atoms with Crippen molar-refractivity contribution in [1.82, 2.24) is 10.6 Å². The van der Waals surface area contributed by atoms with E-state index in [1.807, 2.05) is 0 Å². The van der Waals surface area contributed by atoms with Crippen molar-refractivity contribution in [3.63, 3.8) is 0 Å². The first-order valence-electron chi connectivity index (χ1n) is 3.89. The van der Waals surface area contributed by atoms with Crippen molar-refractivity contribution in [3.8, 4) is 0 Å². The van der Waals surface area contributed by atoms with E-state index < -0.39 is 30.4 Å². The van der Waals surface area contributed by atoms with Crippen LogP contribution < -0.4 is 10.6 Å².